The minimum absolute atomic E-state index is 0.0501. The molecule has 32 heavy (non-hydrogen) atoms. The van der Waals surface area contributed by atoms with Crippen molar-refractivity contribution in [3.05, 3.63) is 0 Å². The highest BCUT2D eigenvalue weighted by molar-refractivity contribution is 5.86. The topological polar surface area (TPSA) is 93.2 Å². The number of carbonyl (C=O) groups excluding carboxylic acids is 4. The van der Waals surface area contributed by atoms with Crippen molar-refractivity contribution in [3.63, 3.8) is 0 Å². The average Bonchev–Trinajstić information content (AvgIpc) is 3.46. The van der Waals surface area contributed by atoms with Crippen molar-refractivity contribution in [2.45, 2.75) is 103 Å². The molecule has 8 nitrogen and oxygen atoms in total. The predicted octanol–water partition coefficient (Wildman–Crippen LogP) is 3.22. The third-order valence-corrected chi connectivity index (χ3v) is 6.21. The van der Waals surface area contributed by atoms with Gasteiger partial charge in [0, 0.05) is 25.9 Å². The van der Waals surface area contributed by atoms with Crippen LogP contribution in [0.3, 0.4) is 0 Å². The SMILES string of the molecule is CCCCOC(=O)C1CCCN1C(=O)CCCCC(=O)N1CCCC1C(=O)OCCCC. The maximum Gasteiger partial charge on any atom is 0.328 e. The van der Waals surface area contributed by atoms with E-state index in [9.17, 15) is 19.2 Å². The number of rotatable bonds is 13. The molecule has 2 rings (SSSR count). The smallest absolute Gasteiger partial charge is 0.328 e. The van der Waals surface area contributed by atoms with E-state index in [1.807, 2.05) is 13.8 Å². The number of esters is 2. The maximum atomic E-state index is 12.6. The van der Waals surface area contributed by atoms with Crippen molar-refractivity contribution in [3.8, 4) is 0 Å². The maximum absolute atomic E-state index is 12.6. The Morgan fingerprint density at radius 2 is 1.09 bits per heavy atom. The molecule has 2 fully saturated rings. The van der Waals surface area contributed by atoms with E-state index in [-0.39, 0.29) is 23.8 Å². The number of unbranched alkanes of at least 4 members (excludes halogenated alkanes) is 3. The first-order chi connectivity index (χ1) is 15.5. The molecule has 0 aliphatic carbocycles. The first-order valence-electron chi connectivity index (χ1n) is 12.4. The van der Waals surface area contributed by atoms with Gasteiger partial charge in [0.2, 0.25) is 11.8 Å². The lowest BCUT2D eigenvalue weighted by molar-refractivity contribution is -0.154. The minimum atomic E-state index is -0.468. The van der Waals surface area contributed by atoms with Crippen LogP contribution in [0.1, 0.15) is 90.9 Å². The minimum Gasteiger partial charge on any atom is -0.464 e. The molecule has 182 valence electrons. The van der Waals surface area contributed by atoms with Gasteiger partial charge in [-0.05, 0) is 51.4 Å². The van der Waals surface area contributed by atoms with Crippen molar-refractivity contribution >= 4 is 23.8 Å². The largest absolute Gasteiger partial charge is 0.464 e. The Hall–Kier alpha value is -2.12. The standard InChI is InChI=1S/C24H40N2O6/c1-3-5-17-31-23(29)19-11-9-15-25(19)21(27)13-7-8-14-22(28)26-16-10-12-20(26)24(30)32-18-6-4-2/h19-20H,3-18H2,1-2H3. The van der Waals surface area contributed by atoms with E-state index in [0.29, 0.717) is 64.8 Å². The molecule has 2 heterocycles. The molecule has 0 aromatic carbocycles. The summed E-state index contributed by atoms with van der Waals surface area (Å²) in [5, 5.41) is 0. The van der Waals surface area contributed by atoms with Crippen LogP contribution in [0.15, 0.2) is 0 Å². The van der Waals surface area contributed by atoms with Crippen LogP contribution in [0, 0.1) is 0 Å². The van der Waals surface area contributed by atoms with Crippen molar-refractivity contribution < 1.29 is 28.7 Å². The molecule has 8 heteroatoms. The Labute approximate surface area is 192 Å². The monoisotopic (exact) mass is 452 g/mol. The summed E-state index contributed by atoms with van der Waals surface area (Å²) in [7, 11) is 0. The van der Waals surface area contributed by atoms with E-state index in [1.165, 1.54) is 0 Å². The molecule has 2 amide bonds. The van der Waals surface area contributed by atoms with E-state index in [1.54, 1.807) is 9.80 Å². The van der Waals surface area contributed by atoms with Crippen LogP contribution in [-0.2, 0) is 28.7 Å². The van der Waals surface area contributed by atoms with Gasteiger partial charge in [-0.3, -0.25) is 9.59 Å². The second kappa shape index (κ2) is 14.1. The summed E-state index contributed by atoms with van der Waals surface area (Å²) in [6.07, 6.45) is 8.28. The molecule has 0 N–H and O–H groups in total. The van der Waals surface area contributed by atoms with Gasteiger partial charge in [0.25, 0.3) is 0 Å². The number of hydrogen-bond donors (Lipinski definition) is 0. The first kappa shape index (κ1) is 26.1. The average molecular weight is 453 g/mol. The van der Waals surface area contributed by atoms with Crippen LogP contribution >= 0.6 is 0 Å². The lowest BCUT2D eigenvalue weighted by Crippen LogP contribution is -2.42. The van der Waals surface area contributed by atoms with Gasteiger partial charge in [-0.15, -0.1) is 0 Å². The summed E-state index contributed by atoms with van der Waals surface area (Å²) in [6.45, 7) is 6.04. The number of nitrogens with zero attached hydrogens (tertiary/aromatic N) is 2. The molecule has 2 aliphatic rings. The van der Waals surface area contributed by atoms with Gasteiger partial charge in [-0.2, -0.15) is 0 Å². The normalized spacial score (nSPS) is 20.4. The summed E-state index contributed by atoms with van der Waals surface area (Å²) in [6, 6.07) is -0.935. The lowest BCUT2D eigenvalue weighted by atomic mass is 10.1. The zero-order valence-electron chi connectivity index (χ0n) is 19.8. The molecule has 2 saturated heterocycles. The Morgan fingerprint density at radius 3 is 1.47 bits per heavy atom. The summed E-state index contributed by atoms with van der Waals surface area (Å²) in [5.41, 5.74) is 0. The number of amides is 2. The molecule has 2 atom stereocenters. The van der Waals surface area contributed by atoms with E-state index in [4.69, 9.17) is 9.47 Å². The van der Waals surface area contributed by atoms with Crippen LogP contribution in [-0.4, -0.2) is 71.9 Å². The Bertz CT molecular complexity index is 584. The van der Waals surface area contributed by atoms with Gasteiger partial charge < -0.3 is 19.3 Å². The van der Waals surface area contributed by atoms with E-state index in [2.05, 4.69) is 0 Å². The van der Waals surface area contributed by atoms with E-state index < -0.39 is 12.1 Å². The molecular formula is C24H40N2O6. The molecular weight excluding hydrogens is 412 g/mol. The second-order valence-electron chi connectivity index (χ2n) is 8.74. The highest BCUT2D eigenvalue weighted by Gasteiger charge is 2.36. The fraction of sp³-hybridized carbons (Fsp3) is 0.833. The number of likely N-dealkylation sites (tertiary alicyclic amines) is 2. The second-order valence-corrected chi connectivity index (χ2v) is 8.74. The van der Waals surface area contributed by atoms with Crippen molar-refractivity contribution in [2.75, 3.05) is 26.3 Å². The number of ether oxygens (including phenoxy) is 2. The Kier molecular flexibility index (Phi) is 11.5. The third kappa shape index (κ3) is 7.78. The molecule has 2 unspecified atom stereocenters. The Morgan fingerprint density at radius 1 is 0.688 bits per heavy atom. The zero-order chi connectivity index (χ0) is 23.3. The van der Waals surface area contributed by atoms with Gasteiger partial charge in [-0.1, -0.05) is 26.7 Å². The third-order valence-electron chi connectivity index (χ3n) is 6.21. The van der Waals surface area contributed by atoms with Gasteiger partial charge in [0.15, 0.2) is 0 Å². The molecule has 0 spiro atoms. The summed E-state index contributed by atoms with van der Waals surface area (Å²) < 4.78 is 10.6. The lowest BCUT2D eigenvalue weighted by Gasteiger charge is -2.24. The molecule has 0 aromatic rings. The van der Waals surface area contributed by atoms with Crippen LogP contribution < -0.4 is 0 Å². The number of hydrogen-bond acceptors (Lipinski definition) is 6. The molecule has 0 radical (unpaired) electrons. The zero-order valence-corrected chi connectivity index (χ0v) is 19.8. The highest BCUT2D eigenvalue weighted by Crippen LogP contribution is 2.22. The molecule has 0 bridgehead atoms. The molecule has 2 aliphatic heterocycles. The molecule has 0 saturated carbocycles. The van der Waals surface area contributed by atoms with Crippen molar-refractivity contribution in [1.29, 1.82) is 0 Å². The predicted molar refractivity (Wildman–Crippen MR) is 120 cm³/mol. The van der Waals surface area contributed by atoms with Gasteiger partial charge in [-0.25, -0.2) is 9.59 Å². The molecule has 0 aromatic heterocycles. The van der Waals surface area contributed by atoms with E-state index in [0.717, 1.165) is 38.5 Å². The highest BCUT2D eigenvalue weighted by atomic mass is 16.5. The first-order valence-corrected chi connectivity index (χ1v) is 12.4. The Balaban J connectivity index is 1.70. The van der Waals surface area contributed by atoms with Crippen LogP contribution in [0.4, 0.5) is 0 Å². The van der Waals surface area contributed by atoms with Crippen molar-refractivity contribution in [2.24, 2.45) is 0 Å². The number of carbonyl (C=O) groups is 4. The summed E-state index contributed by atoms with van der Waals surface area (Å²) in [4.78, 5) is 53.0. The van der Waals surface area contributed by atoms with Crippen LogP contribution in [0.2, 0.25) is 0 Å². The van der Waals surface area contributed by atoms with Gasteiger partial charge in [0.1, 0.15) is 12.1 Å². The van der Waals surface area contributed by atoms with E-state index >= 15 is 0 Å². The quantitative estimate of drug-likeness (QED) is 0.315. The fourth-order valence-corrected chi connectivity index (χ4v) is 4.29. The van der Waals surface area contributed by atoms with Crippen molar-refractivity contribution in [1.82, 2.24) is 9.80 Å². The fourth-order valence-electron chi connectivity index (χ4n) is 4.29. The summed E-state index contributed by atoms with van der Waals surface area (Å²) in [5.74, 6) is -0.701. The summed E-state index contributed by atoms with van der Waals surface area (Å²) >= 11 is 0. The van der Waals surface area contributed by atoms with Crippen LogP contribution in [0.5, 0.6) is 0 Å². The van der Waals surface area contributed by atoms with Gasteiger partial charge >= 0.3 is 11.9 Å². The van der Waals surface area contributed by atoms with Gasteiger partial charge in [0.05, 0.1) is 13.2 Å². The van der Waals surface area contributed by atoms with Crippen LogP contribution in [0.25, 0.3) is 0 Å².